The molecular formula is C15H15BrN2O3. The van der Waals surface area contributed by atoms with Gasteiger partial charge in [-0.05, 0) is 52.9 Å². The molecule has 0 bridgehead atoms. The van der Waals surface area contributed by atoms with Crippen molar-refractivity contribution in [3.05, 3.63) is 28.2 Å². The molecule has 1 aliphatic rings. The van der Waals surface area contributed by atoms with Gasteiger partial charge in [0, 0.05) is 11.0 Å². The molecule has 1 saturated carbocycles. The van der Waals surface area contributed by atoms with Gasteiger partial charge in [0.15, 0.2) is 0 Å². The highest BCUT2D eigenvalue weighted by molar-refractivity contribution is 9.10. The Kier molecular flexibility index (Phi) is 4.86. The third-order valence-corrected chi connectivity index (χ3v) is 3.86. The van der Waals surface area contributed by atoms with Crippen molar-refractivity contribution in [3.63, 3.8) is 0 Å². The molecule has 1 aliphatic carbocycles. The lowest BCUT2D eigenvalue weighted by Gasteiger charge is -2.21. The first-order valence-electron chi connectivity index (χ1n) is 6.53. The summed E-state index contributed by atoms with van der Waals surface area (Å²) < 4.78 is 0.517. The van der Waals surface area contributed by atoms with Gasteiger partial charge in [-0.25, -0.2) is 9.59 Å². The monoisotopic (exact) mass is 350 g/mol. The maximum absolute atomic E-state index is 12.2. The van der Waals surface area contributed by atoms with Gasteiger partial charge in [-0.2, -0.15) is 0 Å². The van der Waals surface area contributed by atoms with Crippen LogP contribution in [0.1, 0.15) is 23.2 Å². The summed E-state index contributed by atoms with van der Waals surface area (Å²) in [6.45, 7) is 0.911. The van der Waals surface area contributed by atoms with Crippen molar-refractivity contribution < 1.29 is 14.7 Å². The first-order chi connectivity index (χ1) is 10.0. The van der Waals surface area contributed by atoms with E-state index in [0.29, 0.717) is 22.6 Å². The van der Waals surface area contributed by atoms with E-state index < -0.39 is 5.97 Å². The van der Waals surface area contributed by atoms with E-state index in [1.54, 1.807) is 11.0 Å². The molecule has 1 aromatic rings. The van der Waals surface area contributed by atoms with E-state index >= 15 is 0 Å². The van der Waals surface area contributed by atoms with Crippen LogP contribution in [-0.2, 0) is 0 Å². The number of rotatable bonds is 5. The summed E-state index contributed by atoms with van der Waals surface area (Å²) in [6, 6.07) is 4.17. The van der Waals surface area contributed by atoms with Gasteiger partial charge in [0.05, 0.1) is 17.8 Å². The Hall–Kier alpha value is -2.00. The van der Waals surface area contributed by atoms with Crippen molar-refractivity contribution >= 4 is 33.6 Å². The molecule has 5 nitrogen and oxygen atoms in total. The quantitative estimate of drug-likeness (QED) is 0.802. The molecule has 0 saturated heterocycles. The number of carbonyl (C=O) groups is 2. The zero-order valence-corrected chi connectivity index (χ0v) is 12.9. The molecule has 2 rings (SSSR count). The number of urea groups is 1. The molecule has 0 atom stereocenters. The van der Waals surface area contributed by atoms with Crippen LogP contribution in [-0.4, -0.2) is 35.1 Å². The summed E-state index contributed by atoms with van der Waals surface area (Å²) in [4.78, 5) is 24.7. The fourth-order valence-corrected chi connectivity index (χ4v) is 2.36. The fraction of sp³-hybridized carbons (Fsp3) is 0.333. The van der Waals surface area contributed by atoms with Gasteiger partial charge in [0.25, 0.3) is 0 Å². The lowest BCUT2D eigenvalue weighted by molar-refractivity contribution is 0.0697. The third kappa shape index (κ3) is 4.23. The van der Waals surface area contributed by atoms with Gasteiger partial charge >= 0.3 is 12.0 Å². The van der Waals surface area contributed by atoms with Crippen molar-refractivity contribution in [1.82, 2.24) is 4.90 Å². The number of aromatic carboxylic acids is 1. The molecule has 1 aromatic carbocycles. The molecule has 1 fully saturated rings. The van der Waals surface area contributed by atoms with E-state index in [2.05, 4.69) is 27.2 Å². The number of carboxylic acids is 1. The molecule has 0 unspecified atom stereocenters. The van der Waals surface area contributed by atoms with Crippen molar-refractivity contribution in [2.24, 2.45) is 5.92 Å². The van der Waals surface area contributed by atoms with Gasteiger partial charge in [-0.15, -0.1) is 6.42 Å². The van der Waals surface area contributed by atoms with E-state index in [1.807, 2.05) is 0 Å². The van der Waals surface area contributed by atoms with E-state index in [-0.39, 0.29) is 18.1 Å². The number of terminal acetylenes is 1. The first-order valence-corrected chi connectivity index (χ1v) is 7.32. The number of amides is 2. The number of anilines is 1. The zero-order chi connectivity index (χ0) is 15.4. The van der Waals surface area contributed by atoms with Gasteiger partial charge in [0.1, 0.15) is 0 Å². The Balaban J connectivity index is 2.06. The second-order valence-electron chi connectivity index (χ2n) is 4.96. The molecule has 21 heavy (non-hydrogen) atoms. The summed E-state index contributed by atoms with van der Waals surface area (Å²) >= 11 is 3.26. The number of halogens is 1. The minimum absolute atomic E-state index is 0.151. The predicted octanol–water partition coefficient (Wildman–Crippen LogP) is 3.02. The zero-order valence-electron chi connectivity index (χ0n) is 11.3. The van der Waals surface area contributed by atoms with Crippen LogP contribution in [0.25, 0.3) is 0 Å². The Morgan fingerprint density at radius 1 is 1.48 bits per heavy atom. The average Bonchev–Trinajstić information content (AvgIpc) is 3.24. The number of hydrogen-bond donors (Lipinski definition) is 2. The average molecular weight is 351 g/mol. The molecular weight excluding hydrogens is 336 g/mol. The highest BCUT2D eigenvalue weighted by atomic mass is 79.9. The Morgan fingerprint density at radius 3 is 2.71 bits per heavy atom. The molecule has 6 heteroatoms. The first kappa shape index (κ1) is 15.4. The predicted molar refractivity (Wildman–Crippen MR) is 83.3 cm³/mol. The van der Waals surface area contributed by atoms with Crippen molar-refractivity contribution in [2.75, 3.05) is 18.4 Å². The van der Waals surface area contributed by atoms with Crippen LogP contribution in [0.4, 0.5) is 10.5 Å². The van der Waals surface area contributed by atoms with Gasteiger partial charge in [-0.1, -0.05) is 5.92 Å². The molecule has 0 aromatic heterocycles. The van der Waals surface area contributed by atoms with Gasteiger partial charge in [0.2, 0.25) is 0 Å². The smallest absolute Gasteiger partial charge is 0.335 e. The van der Waals surface area contributed by atoms with E-state index in [0.717, 1.165) is 12.8 Å². The fourth-order valence-electron chi connectivity index (χ4n) is 1.89. The molecule has 0 heterocycles. The molecule has 2 amide bonds. The van der Waals surface area contributed by atoms with Crippen LogP contribution in [0.5, 0.6) is 0 Å². The van der Waals surface area contributed by atoms with Crippen molar-refractivity contribution in [2.45, 2.75) is 12.8 Å². The lowest BCUT2D eigenvalue weighted by atomic mass is 10.2. The minimum Gasteiger partial charge on any atom is -0.478 e. The maximum atomic E-state index is 12.2. The van der Waals surface area contributed by atoms with Crippen LogP contribution in [0.2, 0.25) is 0 Å². The summed E-state index contributed by atoms with van der Waals surface area (Å²) in [5.74, 6) is 2.01. The molecule has 0 radical (unpaired) electrons. The Labute approximate surface area is 131 Å². The SMILES string of the molecule is C#CCN(CC1CC1)C(=O)Nc1ccc(C(=O)O)cc1Br. The van der Waals surface area contributed by atoms with Gasteiger partial charge < -0.3 is 15.3 Å². The number of nitrogens with one attached hydrogen (secondary N) is 1. The van der Waals surface area contributed by atoms with Crippen LogP contribution in [0, 0.1) is 18.3 Å². The summed E-state index contributed by atoms with van der Waals surface area (Å²) in [7, 11) is 0. The molecule has 110 valence electrons. The van der Waals surface area contributed by atoms with Gasteiger partial charge in [-0.3, -0.25) is 0 Å². The molecule has 0 spiro atoms. The van der Waals surface area contributed by atoms with Crippen molar-refractivity contribution in [1.29, 1.82) is 0 Å². The van der Waals surface area contributed by atoms with E-state index in [4.69, 9.17) is 11.5 Å². The van der Waals surface area contributed by atoms with Crippen molar-refractivity contribution in [3.8, 4) is 12.3 Å². The second kappa shape index (κ2) is 6.64. The topological polar surface area (TPSA) is 69.6 Å². The normalized spacial score (nSPS) is 13.3. The van der Waals surface area contributed by atoms with Crippen LogP contribution >= 0.6 is 15.9 Å². The number of carboxylic acid groups (broad SMARTS) is 1. The highest BCUT2D eigenvalue weighted by Gasteiger charge is 2.26. The molecule has 0 aliphatic heterocycles. The highest BCUT2D eigenvalue weighted by Crippen LogP contribution is 2.30. The number of nitrogens with zero attached hydrogens (tertiary/aromatic N) is 1. The largest absolute Gasteiger partial charge is 0.478 e. The summed E-state index contributed by atoms with van der Waals surface area (Å²) in [6.07, 6.45) is 7.55. The minimum atomic E-state index is -1.02. The Bertz CT molecular complexity index is 605. The van der Waals surface area contributed by atoms with Crippen LogP contribution < -0.4 is 5.32 Å². The summed E-state index contributed by atoms with van der Waals surface area (Å²) in [5, 5.41) is 11.7. The lowest BCUT2D eigenvalue weighted by Crippen LogP contribution is -2.36. The number of benzene rings is 1. The number of hydrogen-bond acceptors (Lipinski definition) is 2. The Morgan fingerprint density at radius 2 is 2.19 bits per heavy atom. The number of carbonyl (C=O) groups excluding carboxylic acids is 1. The van der Waals surface area contributed by atoms with E-state index in [9.17, 15) is 9.59 Å². The third-order valence-electron chi connectivity index (χ3n) is 3.20. The maximum Gasteiger partial charge on any atom is 0.335 e. The van der Waals surface area contributed by atoms with E-state index in [1.165, 1.54) is 12.1 Å². The van der Waals surface area contributed by atoms with Crippen LogP contribution in [0.3, 0.4) is 0 Å². The summed E-state index contributed by atoms with van der Waals surface area (Å²) in [5.41, 5.74) is 0.668. The standard InChI is InChI=1S/C15H15BrN2O3/c1-2-7-18(9-10-3-4-10)15(21)17-13-6-5-11(14(19)20)8-12(13)16/h1,5-6,8,10H,3-4,7,9H2,(H,17,21)(H,19,20). The second-order valence-corrected chi connectivity index (χ2v) is 5.81. The van der Waals surface area contributed by atoms with Crippen LogP contribution in [0.15, 0.2) is 22.7 Å². The molecule has 2 N–H and O–H groups in total.